The molecule has 8 nitrogen and oxygen atoms in total. The summed E-state index contributed by atoms with van der Waals surface area (Å²) in [6.45, 7) is 5.86. The van der Waals surface area contributed by atoms with E-state index in [0.717, 1.165) is 12.1 Å². The van der Waals surface area contributed by atoms with E-state index in [2.05, 4.69) is 0 Å². The predicted octanol–water partition coefficient (Wildman–Crippen LogP) is 2.55. The van der Waals surface area contributed by atoms with Crippen LogP contribution in [0, 0.1) is 0 Å². The van der Waals surface area contributed by atoms with Crippen LogP contribution in [0.2, 0.25) is 0 Å². The van der Waals surface area contributed by atoms with Crippen molar-refractivity contribution in [1.82, 2.24) is 14.7 Å². The summed E-state index contributed by atoms with van der Waals surface area (Å²) in [4.78, 5) is 54.7. The molecule has 35 heavy (non-hydrogen) atoms. The van der Waals surface area contributed by atoms with Crippen LogP contribution in [-0.2, 0) is 30.1 Å². The highest BCUT2D eigenvalue weighted by Gasteiger charge is 2.39. The second kappa shape index (κ2) is 10.5. The number of hydrogen-bond acceptors (Lipinski definition) is 5. The van der Waals surface area contributed by atoms with Crippen molar-refractivity contribution in [2.45, 2.75) is 39.3 Å². The number of ether oxygens (including phenoxy) is 1. The topological polar surface area (TPSA) is 87.2 Å². The van der Waals surface area contributed by atoms with Gasteiger partial charge in [0.05, 0.1) is 17.7 Å². The SMILES string of the molecule is CCOC(=O)C1=C(C)N(CC(=O)N2CCN(C(C)=O)CC2)C(=O)CC1c1ccc(C(F)(F)F)cc1. The Bertz CT molecular complexity index is 1030. The molecule has 0 bridgehead atoms. The Morgan fingerprint density at radius 1 is 1.03 bits per heavy atom. The van der Waals surface area contributed by atoms with Gasteiger partial charge in [0, 0.05) is 51.1 Å². The number of allylic oxidation sites excluding steroid dienone is 1. The van der Waals surface area contributed by atoms with E-state index in [-0.39, 0.29) is 42.7 Å². The van der Waals surface area contributed by atoms with Gasteiger partial charge in [-0.05, 0) is 31.5 Å². The zero-order valence-electron chi connectivity index (χ0n) is 19.9. The molecular weight excluding hydrogens is 467 g/mol. The van der Waals surface area contributed by atoms with Crippen molar-refractivity contribution < 1.29 is 37.1 Å². The summed E-state index contributed by atoms with van der Waals surface area (Å²) in [6, 6.07) is 4.33. The Morgan fingerprint density at radius 2 is 1.60 bits per heavy atom. The number of benzene rings is 1. The van der Waals surface area contributed by atoms with Gasteiger partial charge in [-0.3, -0.25) is 14.4 Å². The average molecular weight is 495 g/mol. The third-order valence-electron chi connectivity index (χ3n) is 6.33. The highest BCUT2D eigenvalue weighted by molar-refractivity contribution is 5.97. The van der Waals surface area contributed by atoms with Gasteiger partial charge in [0.1, 0.15) is 6.54 Å². The summed E-state index contributed by atoms with van der Waals surface area (Å²) in [5, 5.41) is 0. The summed E-state index contributed by atoms with van der Waals surface area (Å²) in [5.41, 5.74) is -0.0836. The molecular formula is C24H28F3N3O5. The summed E-state index contributed by atoms with van der Waals surface area (Å²) < 4.78 is 44.1. The van der Waals surface area contributed by atoms with E-state index < -0.39 is 29.5 Å². The quantitative estimate of drug-likeness (QED) is 0.586. The zero-order chi connectivity index (χ0) is 25.9. The fourth-order valence-corrected chi connectivity index (χ4v) is 4.37. The van der Waals surface area contributed by atoms with Crippen LogP contribution in [-0.4, -0.2) is 77.7 Å². The van der Waals surface area contributed by atoms with E-state index in [4.69, 9.17) is 4.74 Å². The average Bonchev–Trinajstić information content (AvgIpc) is 2.81. The first-order valence-corrected chi connectivity index (χ1v) is 11.3. The van der Waals surface area contributed by atoms with Gasteiger partial charge < -0.3 is 19.4 Å². The Balaban J connectivity index is 1.86. The monoisotopic (exact) mass is 495 g/mol. The Hall–Kier alpha value is -3.37. The maximum Gasteiger partial charge on any atom is 0.416 e. The van der Waals surface area contributed by atoms with Crippen LogP contribution < -0.4 is 0 Å². The lowest BCUT2D eigenvalue weighted by molar-refractivity contribution is -0.144. The van der Waals surface area contributed by atoms with Gasteiger partial charge in [-0.2, -0.15) is 13.2 Å². The van der Waals surface area contributed by atoms with Crippen LogP contribution in [0.3, 0.4) is 0 Å². The molecule has 0 radical (unpaired) electrons. The summed E-state index contributed by atoms with van der Waals surface area (Å²) in [6.07, 6.45) is -4.70. The van der Waals surface area contributed by atoms with Crippen LogP contribution in [0.4, 0.5) is 13.2 Å². The lowest BCUT2D eigenvalue weighted by Gasteiger charge is -2.37. The van der Waals surface area contributed by atoms with Gasteiger partial charge >= 0.3 is 12.1 Å². The van der Waals surface area contributed by atoms with Crippen LogP contribution in [0.15, 0.2) is 35.5 Å². The smallest absolute Gasteiger partial charge is 0.416 e. The Morgan fingerprint density at radius 3 is 2.11 bits per heavy atom. The number of piperazine rings is 1. The van der Waals surface area contributed by atoms with Crippen molar-refractivity contribution in [2.24, 2.45) is 0 Å². The molecule has 3 amide bonds. The van der Waals surface area contributed by atoms with Gasteiger partial charge in [-0.25, -0.2) is 4.79 Å². The molecule has 1 fully saturated rings. The number of alkyl halides is 3. The molecule has 2 aliphatic rings. The molecule has 190 valence electrons. The first-order chi connectivity index (χ1) is 16.4. The minimum Gasteiger partial charge on any atom is -0.463 e. The van der Waals surface area contributed by atoms with Gasteiger partial charge in [-0.15, -0.1) is 0 Å². The minimum atomic E-state index is -4.51. The molecule has 0 N–H and O–H groups in total. The number of amides is 3. The molecule has 0 saturated carbocycles. The standard InChI is InChI=1S/C24H28F3N3O5/c1-4-35-23(34)22-15(2)30(14-21(33)29-11-9-28(10-12-29)16(3)31)20(32)13-19(22)17-5-7-18(8-6-17)24(25,26)27/h5-8,19H,4,9-14H2,1-3H3. The van der Waals surface area contributed by atoms with Crippen molar-refractivity contribution in [3.05, 3.63) is 46.7 Å². The lowest BCUT2D eigenvalue weighted by Crippen LogP contribution is -2.53. The highest BCUT2D eigenvalue weighted by Crippen LogP contribution is 2.38. The Labute approximate surface area is 201 Å². The van der Waals surface area contributed by atoms with E-state index in [1.54, 1.807) is 16.7 Å². The van der Waals surface area contributed by atoms with Crippen LogP contribution in [0.25, 0.3) is 0 Å². The molecule has 1 aromatic carbocycles. The third-order valence-corrected chi connectivity index (χ3v) is 6.33. The van der Waals surface area contributed by atoms with E-state index in [9.17, 15) is 32.3 Å². The highest BCUT2D eigenvalue weighted by atomic mass is 19.4. The molecule has 2 aliphatic heterocycles. The van der Waals surface area contributed by atoms with Crippen molar-refractivity contribution in [1.29, 1.82) is 0 Å². The fourth-order valence-electron chi connectivity index (χ4n) is 4.37. The van der Waals surface area contributed by atoms with Crippen LogP contribution in [0.5, 0.6) is 0 Å². The maximum absolute atomic E-state index is 13.0. The first-order valence-electron chi connectivity index (χ1n) is 11.3. The van der Waals surface area contributed by atoms with E-state index in [1.165, 1.54) is 30.9 Å². The zero-order valence-corrected chi connectivity index (χ0v) is 19.9. The molecule has 1 unspecified atom stereocenters. The number of carbonyl (C=O) groups excluding carboxylic acids is 4. The molecule has 0 spiro atoms. The van der Waals surface area contributed by atoms with Crippen LogP contribution >= 0.6 is 0 Å². The lowest BCUT2D eigenvalue weighted by atomic mass is 9.83. The molecule has 3 rings (SSSR count). The molecule has 2 heterocycles. The number of halogens is 3. The molecule has 1 saturated heterocycles. The number of hydrogen-bond donors (Lipinski definition) is 0. The van der Waals surface area contributed by atoms with Crippen molar-refractivity contribution in [2.75, 3.05) is 39.3 Å². The predicted molar refractivity (Wildman–Crippen MR) is 119 cm³/mol. The number of nitrogens with zero attached hydrogens (tertiary/aromatic N) is 3. The number of rotatable bonds is 5. The second-order valence-electron chi connectivity index (χ2n) is 8.46. The molecule has 0 aliphatic carbocycles. The third kappa shape index (κ3) is 5.83. The molecule has 1 aromatic rings. The van der Waals surface area contributed by atoms with Crippen molar-refractivity contribution in [3.8, 4) is 0 Å². The summed E-state index contributed by atoms with van der Waals surface area (Å²) in [5.74, 6) is -2.30. The first kappa shape index (κ1) is 26.2. The van der Waals surface area contributed by atoms with Gasteiger partial charge in [0.15, 0.2) is 0 Å². The minimum absolute atomic E-state index is 0.0721. The number of esters is 1. The maximum atomic E-state index is 13.0. The molecule has 0 aromatic heterocycles. The van der Waals surface area contributed by atoms with Gasteiger partial charge in [-0.1, -0.05) is 12.1 Å². The van der Waals surface area contributed by atoms with E-state index in [0.29, 0.717) is 31.7 Å². The van der Waals surface area contributed by atoms with E-state index in [1.807, 2.05) is 0 Å². The summed E-state index contributed by atoms with van der Waals surface area (Å²) >= 11 is 0. The van der Waals surface area contributed by atoms with E-state index >= 15 is 0 Å². The second-order valence-corrected chi connectivity index (χ2v) is 8.46. The van der Waals surface area contributed by atoms with Gasteiger partial charge in [0.25, 0.3) is 0 Å². The van der Waals surface area contributed by atoms with Gasteiger partial charge in [0.2, 0.25) is 17.7 Å². The number of carbonyl (C=O) groups is 4. The van der Waals surface area contributed by atoms with Crippen molar-refractivity contribution in [3.63, 3.8) is 0 Å². The largest absolute Gasteiger partial charge is 0.463 e. The Kier molecular flexibility index (Phi) is 7.86. The van der Waals surface area contributed by atoms with Crippen LogP contribution in [0.1, 0.15) is 44.2 Å². The molecule has 11 heteroatoms. The normalized spacial score (nSPS) is 19.2. The van der Waals surface area contributed by atoms with Crippen molar-refractivity contribution >= 4 is 23.7 Å². The fraction of sp³-hybridized carbons (Fsp3) is 0.500. The summed E-state index contributed by atoms with van der Waals surface area (Å²) in [7, 11) is 0. The molecule has 1 atom stereocenters.